The number of hydrogen-bond acceptors (Lipinski definition) is 4. The van der Waals surface area contributed by atoms with Gasteiger partial charge in [0.25, 0.3) is 0 Å². The Balaban J connectivity index is 1.65. The molecule has 0 aliphatic rings. The van der Waals surface area contributed by atoms with E-state index < -0.39 is 22.0 Å². The van der Waals surface area contributed by atoms with E-state index in [4.69, 9.17) is 27.9 Å². The predicted molar refractivity (Wildman–Crippen MR) is 126 cm³/mol. The summed E-state index contributed by atoms with van der Waals surface area (Å²) in [7, 11) is -3.77. The zero-order chi connectivity index (χ0) is 22.6. The molecule has 0 bridgehead atoms. The quantitative estimate of drug-likeness (QED) is 0.481. The van der Waals surface area contributed by atoms with Gasteiger partial charge in [-0.05, 0) is 36.6 Å². The molecule has 0 saturated carbocycles. The second-order valence-electron chi connectivity index (χ2n) is 6.98. The molecule has 1 atom stereocenters. The van der Waals surface area contributed by atoms with Gasteiger partial charge in [0.15, 0.2) is 0 Å². The molecule has 9 heteroatoms. The number of ether oxygens (including phenoxy) is 1. The van der Waals surface area contributed by atoms with Gasteiger partial charge in [0.1, 0.15) is 18.4 Å². The molecule has 31 heavy (non-hydrogen) atoms. The summed E-state index contributed by atoms with van der Waals surface area (Å²) in [6.07, 6.45) is 1.02. The number of nitrogens with one attached hydrogen (secondary N) is 1. The van der Waals surface area contributed by atoms with Crippen molar-refractivity contribution in [3.63, 3.8) is 0 Å². The highest BCUT2D eigenvalue weighted by molar-refractivity contribution is 7.92. The van der Waals surface area contributed by atoms with Gasteiger partial charge < -0.3 is 10.1 Å². The van der Waals surface area contributed by atoms with Crippen LogP contribution in [0, 0.1) is 0 Å². The fourth-order valence-corrected chi connectivity index (χ4v) is 4.95. The number of carbonyl (C=O) groups excluding carboxylic acids is 1. The van der Waals surface area contributed by atoms with Crippen LogP contribution in [0.5, 0.6) is 5.75 Å². The zero-order valence-corrected chi connectivity index (χ0v) is 19.3. The van der Waals surface area contributed by atoms with Crippen LogP contribution in [-0.2, 0) is 14.8 Å². The van der Waals surface area contributed by atoms with Crippen LogP contribution in [0.2, 0.25) is 10.0 Å². The molecule has 1 N–H and O–H groups in total. The number of amides is 1. The molecule has 0 aliphatic heterocycles. The summed E-state index contributed by atoms with van der Waals surface area (Å²) >= 11 is 12.0. The molecular formula is C22H22Cl2N2O4S. The molecule has 3 rings (SSSR count). The van der Waals surface area contributed by atoms with E-state index >= 15 is 0 Å². The number of sulfonamides is 1. The fraction of sp³-hybridized carbons (Fsp3) is 0.227. The molecule has 1 amide bonds. The summed E-state index contributed by atoms with van der Waals surface area (Å²) in [4.78, 5) is 12.7. The van der Waals surface area contributed by atoms with Crippen molar-refractivity contribution in [2.24, 2.45) is 0 Å². The van der Waals surface area contributed by atoms with Gasteiger partial charge in [-0.15, -0.1) is 0 Å². The Kier molecular flexibility index (Phi) is 7.30. The molecule has 0 fully saturated rings. The number of halogens is 2. The van der Waals surface area contributed by atoms with E-state index in [2.05, 4.69) is 5.32 Å². The first-order valence-electron chi connectivity index (χ1n) is 9.50. The molecule has 0 heterocycles. The summed E-state index contributed by atoms with van der Waals surface area (Å²) in [5.74, 6) is 0.245. The fourth-order valence-electron chi connectivity index (χ4n) is 3.28. The number of carbonyl (C=O) groups is 1. The van der Waals surface area contributed by atoms with Crippen LogP contribution in [0.25, 0.3) is 10.8 Å². The third-order valence-electron chi connectivity index (χ3n) is 4.60. The van der Waals surface area contributed by atoms with Gasteiger partial charge >= 0.3 is 0 Å². The number of anilines is 1. The minimum absolute atomic E-state index is 0.209. The Labute approximate surface area is 191 Å². The topological polar surface area (TPSA) is 75.7 Å². The summed E-state index contributed by atoms with van der Waals surface area (Å²) in [6.45, 7) is 1.94. The largest absolute Gasteiger partial charge is 0.491 e. The first-order valence-corrected chi connectivity index (χ1v) is 12.1. The molecule has 0 radical (unpaired) electrons. The summed E-state index contributed by atoms with van der Waals surface area (Å²) in [5, 5.41) is 5.29. The Hall–Kier alpha value is -2.48. The standard InChI is InChI=1S/C22H22Cl2N2O4S/c1-15(26(31(2,28)29)19-13-17(23)12-18(24)14-19)22(27)25-10-11-30-21-9-5-7-16-6-3-4-8-20(16)21/h3-9,12-15H,10-11H2,1-2H3,(H,25,27)/t15-/m0/s1. The van der Waals surface area contributed by atoms with Crippen molar-refractivity contribution in [1.82, 2.24) is 5.32 Å². The molecule has 164 valence electrons. The van der Waals surface area contributed by atoms with E-state index in [1.54, 1.807) is 0 Å². The second kappa shape index (κ2) is 9.77. The Morgan fingerprint density at radius 3 is 2.39 bits per heavy atom. The third-order valence-corrected chi connectivity index (χ3v) is 6.28. The van der Waals surface area contributed by atoms with Gasteiger partial charge in [-0.25, -0.2) is 8.42 Å². The second-order valence-corrected chi connectivity index (χ2v) is 9.71. The molecule has 0 aliphatic carbocycles. The first-order chi connectivity index (χ1) is 14.7. The molecule has 0 saturated heterocycles. The van der Waals surface area contributed by atoms with E-state index in [0.29, 0.717) is 5.75 Å². The van der Waals surface area contributed by atoms with Crippen LogP contribution < -0.4 is 14.4 Å². The maximum atomic E-state index is 12.7. The predicted octanol–water partition coefficient (Wildman–Crippen LogP) is 4.50. The SMILES string of the molecule is C[C@@H](C(=O)NCCOc1cccc2ccccc12)N(c1cc(Cl)cc(Cl)c1)S(C)(=O)=O. The van der Waals surface area contributed by atoms with E-state index in [0.717, 1.165) is 21.3 Å². The van der Waals surface area contributed by atoms with Crippen molar-refractivity contribution < 1.29 is 17.9 Å². The Morgan fingerprint density at radius 1 is 1.06 bits per heavy atom. The molecule has 0 aromatic heterocycles. The van der Waals surface area contributed by atoms with Gasteiger partial charge in [0, 0.05) is 15.4 Å². The third kappa shape index (κ3) is 5.81. The summed E-state index contributed by atoms with van der Waals surface area (Å²) < 4.78 is 31.6. The average molecular weight is 481 g/mol. The number of hydrogen-bond donors (Lipinski definition) is 1. The van der Waals surface area contributed by atoms with Crippen molar-refractivity contribution >= 4 is 55.6 Å². The van der Waals surface area contributed by atoms with E-state index in [1.165, 1.54) is 25.1 Å². The average Bonchev–Trinajstić information content (AvgIpc) is 2.69. The van der Waals surface area contributed by atoms with Gasteiger partial charge in [0.05, 0.1) is 18.5 Å². The lowest BCUT2D eigenvalue weighted by atomic mass is 10.1. The first kappa shape index (κ1) is 23.2. The number of nitrogens with zero attached hydrogens (tertiary/aromatic N) is 1. The maximum Gasteiger partial charge on any atom is 0.243 e. The highest BCUT2D eigenvalue weighted by atomic mass is 35.5. The number of benzene rings is 3. The molecular weight excluding hydrogens is 459 g/mol. The lowest BCUT2D eigenvalue weighted by molar-refractivity contribution is -0.121. The van der Waals surface area contributed by atoms with Crippen LogP contribution >= 0.6 is 23.2 Å². The molecule has 6 nitrogen and oxygen atoms in total. The minimum atomic E-state index is -3.77. The molecule has 0 spiro atoms. The van der Waals surface area contributed by atoms with Crippen LogP contribution in [0.4, 0.5) is 5.69 Å². The maximum absolute atomic E-state index is 12.7. The summed E-state index contributed by atoms with van der Waals surface area (Å²) in [6, 6.07) is 17.0. The Morgan fingerprint density at radius 2 is 1.71 bits per heavy atom. The van der Waals surface area contributed by atoms with Crippen LogP contribution in [0.15, 0.2) is 60.7 Å². The van der Waals surface area contributed by atoms with E-state index in [9.17, 15) is 13.2 Å². The van der Waals surface area contributed by atoms with Gasteiger partial charge in [0.2, 0.25) is 15.9 Å². The lowest BCUT2D eigenvalue weighted by Gasteiger charge is -2.28. The minimum Gasteiger partial charge on any atom is -0.491 e. The summed E-state index contributed by atoms with van der Waals surface area (Å²) in [5.41, 5.74) is 0.217. The highest BCUT2D eigenvalue weighted by Gasteiger charge is 2.29. The molecule has 3 aromatic rings. The van der Waals surface area contributed by atoms with Gasteiger partial charge in [-0.1, -0.05) is 59.6 Å². The van der Waals surface area contributed by atoms with Crippen LogP contribution in [0.3, 0.4) is 0 Å². The lowest BCUT2D eigenvalue weighted by Crippen LogP contribution is -2.48. The van der Waals surface area contributed by atoms with E-state index in [-0.39, 0.29) is 28.9 Å². The highest BCUT2D eigenvalue weighted by Crippen LogP contribution is 2.29. The number of fused-ring (bicyclic) bond motifs is 1. The van der Waals surface area contributed by atoms with E-state index in [1.807, 2.05) is 42.5 Å². The van der Waals surface area contributed by atoms with Gasteiger partial charge in [-0.3, -0.25) is 9.10 Å². The number of rotatable bonds is 8. The monoisotopic (exact) mass is 480 g/mol. The molecule has 0 unspecified atom stereocenters. The van der Waals surface area contributed by atoms with Crippen molar-refractivity contribution in [2.75, 3.05) is 23.7 Å². The van der Waals surface area contributed by atoms with Crippen molar-refractivity contribution in [1.29, 1.82) is 0 Å². The van der Waals surface area contributed by atoms with Crippen molar-refractivity contribution in [3.05, 3.63) is 70.7 Å². The van der Waals surface area contributed by atoms with Crippen molar-refractivity contribution in [3.8, 4) is 5.75 Å². The van der Waals surface area contributed by atoms with Crippen LogP contribution in [-0.4, -0.2) is 39.8 Å². The van der Waals surface area contributed by atoms with Crippen LogP contribution in [0.1, 0.15) is 6.92 Å². The molecule has 3 aromatic carbocycles. The zero-order valence-electron chi connectivity index (χ0n) is 17.0. The normalized spacial score (nSPS) is 12.4. The van der Waals surface area contributed by atoms with Gasteiger partial charge in [-0.2, -0.15) is 0 Å². The van der Waals surface area contributed by atoms with Crippen molar-refractivity contribution in [2.45, 2.75) is 13.0 Å². The smallest absolute Gasteiger partial charge is 0.243 e. The Bertz CT molecular complexity index is 1180.